The number of carboxylic acid groups (broad SMARTS) is 1. The maximum absolute atomic E-state index is 12.0. The first-order valence-corrected chi connectivity index (χ1v) is 6.77. The molecule has 4 heteroatoms. The SMILES string of the molecule is CC/C=C(\C)C(=O)Nc1cc2ccccc2cc1C(=O)O. The molecule has 0 atom stereocenters. The van der Waals surface area contributed by atoms with Gasteiger partial charge in [0.05, 0.1) is 11.3 Å². The molecule has 2 aromatic rings. The van der Waals surface area contributed by atoms with Crippen LogP contribution in [-0.2, 0) is 4.79 Å². The number of amides is 1. The van der Waals surface area contributed by atoms with E-state index in [0.29, 0.717) is 11.3 Å². The van der Waals surface area contributed by atoms with E-state index < -0.39 is 5.97 Å². The summed E-state index contributed by atoms with van der Waals surface area (Å²) in [6, 6.07) is 10.7. The van der Waals surface area contributed by atoms with Crippen LogP contribution in [0.15, 0.2) is 48.0 Å². The van der Waals surface area contributed by atoms with Gasteiger partial charge < -0.3 is 10.4 Å². The molecule has 0 saturated heterocycles. The molecule has 2 aromatic carbocycles. The fourth-order valence-corrected chi connectivity index (χ4v) is 2.14. The average molecular weight is 283 g/mol. The summed E-state index contributed by atoms with van der Waals surface area (Å²) in [6.07, 6.45) is 2.56. The molecular formula is C17H17NO3. The summed E-state index contributed by atoms with van der Waals surface area (Å²) in [4.78, 5) is 23.4. The lowest BCUT2D eigenvalue weighted by Gasteiger charge is -2.10. The zero-order valence-corrected chi connectivity index (χ0v) is 12.0. The minimum atomic E-state index is -1.06. The highest BCUT2D eigenvalue weighted by molar-refractivity contribution is 6.09. The first-order valence-electron chi connectivity index (χ1n) is 6.77. The first-order chi connectivity index (χ1) is 10.0. The van der Waals surface area contributed by atoms with Gasteiger partial charge in [0.15, 0.2) is 0 Å². The Bertz CT molecular complexity index is 732. The number of rotatable bonds is 4. The van der Waals surface area contributed by atoms with Gasteiger partial charge in [0.25, 0.3) is 5.91 Å². The van der Waals surface area contributed by atoms with Crippen molar-refractivity contribution in [2.24, 2.45) is 0 Å². The number of carboxylic acids is 1. The number of fused-ring (bicyclic) bond motifs is 1. The first kappa shape index (κ1) is 14.8. The molecule has 0 radical (unpaired) electrons. The molecule has 0 saturated carbocycles. The Kier molecular flexibility index (Phi) is 4.38. The van der Waals surface area contributed by atoms with Crippen molar-refractivity contribution in [2.45, 2.75) is 20.3 Å². The van der Waals surface area contributed by atoms with E-state index in [1.165, 1.54) is 0 Å². The van der Waals surface area contributed by atoms with Gasteiger partial charge in [0.1, 0.15) is 0 Å². The van der Waals surface area contributed by atoms with Crippen molar-refractivity contribution >= 4 is 28.3 Å². The van der Waals surface area contributed by atoms with Gasteiger partial charge in [0, 0.05) is 5.57 Å². The maximum Gasteiger partial charge on any atom is 0.337 e. The van der Waals surface area contributed by atoms with Gasteiger partial charge in [-0.2, -0.15) is 0 Å². The van der Waals surface area contributed by atoms with E-state index in [-0.39, 0.29) is 11.5 Å². The summed E-state index contributed by atoms with van der Waals surface area (Å²) in [6.45, 7) is 3.65. The van der Waals surface area contributed by atoms with Crippen LogP contribution in [0.25, 0.3) is 10.8 Å². The van der Waals surface area contributed by atoms with Gasteiger partial charge in [-0.3, -0.25) is 4.79 Å². The zero-order valence-electron chi connectivity index (χ0n) is 12.0. The number of hydrogen-bond acceptors (Lipinski definition) is 2. The molecule has 4 nitrogen and oxygen atoms in total. The Balaban J connectivity index is 2.46. The van der Waals surface area contributed by atoms with Crippen molar-refractivity contribution in [3.8, 4) is 0 Å². The van der Waals surface area contributed by atoms with Crippen LogP contribution in [0.3, 0.4) is 0 Å². The van der Waals surface area contributed by atoms with Gasteiger partial charge in [-0.05, 0) is 36.2 Å². The minimum absolute atomic E-state index is 0.0892. The summed E-state index contributed by atoms with van der Waals surface area (Å²) in [5.74, 6) is -1.34. The van der Waals surface area contributed by atoms with Crippen LogP contribution >= 0.6 is 0 Å². The molecular weight excluding hydrogens is 266 g/mol. The van der Waals surface area contributed by atoms with Gasteiger partial charge in [-0.25, -0.2) is 4.79 Å². The van der Waals surface area contributed by atoms with Crippen molar-refractivity contribution in [2.75, 3.05) is 5.32 Å². The minimum Gasteiger partial charge on any atom is -0.478 e. The second kappa shape index (κ2) is 6.22. The van der Waals surface area contributed by atoms with E-state index in [0.717, 1.165) is 17.2 Å². The molecule has 0 spiro atoms. The fourth-order valence-electron chi connectivity index (χ4n) is 2.14. The second-order valence-corrected chi connectivity index (χ2v) is 4.80. The summed E-state index contributed by atoms with van der Waals surface area (Å²) in [5, 5.41) is 13.7. The van der Waals surface area contributed by atoms with Crippen molar-refractivity contribution in [1.29, 1.82) is 0 Å². The van der Waals surface area contributed by atoms with E-state index in [1.807, 2.05) is 31.2 Å². The Labute approximate surface area is 123 Å². The van der Waals surface area contributed by atoms with Gasteiger partial charge >= 0.3 is 5.97 Å². The van der Waals surface area contributed by atoms with Crippen LogP contribution in [0.5, 0.6) is 0 Å². The molecule has 2 N–H and O–H groups in total. The number of allylic oxidation sites excluding steroid dienone is 1. The Morgan fingerprint density at radius 2 is 1.81 bits per heavy atom. The summed E-state index contributed by atoms with van der Waals surface area (Å²) < 4.78 is 0. The van der Waals surface area contributed by atoms with Gasteiger partial charge in [0.2, 0.25) is 0 Å². The third-order valence-corrected chi connectivity index (χ3v) is 3.23. The van der Waals surface area contributed by atoms with E-state index in [4.69, 9.17) is 0 Å². The lowest BCUT2D eigenvalue weighted by molar-refractivity contribution is -0.112. The molecule has 0 aromatic heterocycles. The van der Waals surface area contributed by atoms with E-state index in [2.05, 4.69) is 5.32 Å². The lowest BCUT2D eigenvalue weighted by Crippen LogP contribution is -2.15. The molecule has 0 aliphatic carbocycles. The molecule has 0 fully saturated rings. The quantitative estimate of drug-likeness (QED) is 0.838. The standard InChI is InChI=1S/C17H17NO3/c1-3-6-11(2)16(19)18-15-10-13-8-5-4-7-12(13)9-14(15)17(20)21/h4-10H,3H2,1-2H3,(H,18,19)(H,20,21)/b11-6+. The normalized spacial score (nSPS) is 11.4. The summed E-state index contributed by atoms with van der Waals surface area (Å²) >= 11 is 0. The van der Waals surface area contributed by atoms with Crippen molar-refractivity contribution < 1.29 is 14.7 Å². The number of nitrogens with one attached hydrogen (secondary N) is 1. The molecule has 1 amide bonds. The highest BCUT2D eigenvalue weighted by Crippen LogP contribution is 2.24. The fraction of sp³-hybridized carbons (Fsp3) is 0.176. The molecule has 0 aliphatic heterocycles. The van der Waals surface area contributed by atoms with E-state index in [9.17, 15) is 14.7 Å². The molecule has 21 heavy (non-hydrogen) atoms. The predicted molar refractivity (Wildman–Crippen MR) is 83.6 cm³/mol. The van der Waals surface area contributed by atoms with E-state index >= 15 is 0 Å². The van der Waals surface area contributed by atoms with Crippen LogP contribution in [0.4, 0.5) is 5.69 Å². The molecule has 108 valence electrons. The molecule has 0 aliphatic rings. The lowest BCUT2D eigenvalue weighted by atomic mass is 10.0. The Hall–Kier alpha value is -2.62. The topological polar surface area (TPSA) is 66.4 Å². The zero-order chi connectivity index (χ0) is 15.4. The number of carbonyl (C=O) groups is 2. The monoisotopic (exact) mass is 283 g/mol. The number of carbonyl (C=O) groups excluding carboxylic acids is 1. The Morgan fingerprint density at radius 3 is 2.38 bits per heavy atom. The second-order valence-electron chi connectivity index (χ2n) is 4.80. The predicted octanol–water partition coefficient (Wildman–Crippen LogP) is 3.83. The van der Waals surface area contributed by atoms with Crippen molar-refractivity contribution in [3.05, 3.63) is 53.6 Å². The smallest absolute Gasteiger partial charge is 0.337 e. The Morgan fingerprint density at radius 1 is 1.19 bits per heavy atom. The third-order valence-electron chi connectivity index (χ3n) is 3.23. The van der Waals surface area contributed by atoms with E-state index in [1.54, 1.807) is 25.1 Å². The summed E-state index contributed by atoms with van der Waals surface area (Å²) in [7, 11) is 0. The van der Waals surface area contributed by atoms with Crippen molar-refractivity contribution in [3.63, 3.8) is 0 Å². The number of aromatic carboxylic acids is 1. The highest BCUT2D eigenvalue weighted by Gasteiger charge is 2.14. The van der Waals surface area contributed by atoms with Crippen LogP contribution < -0.4 is 5.32 Å². The molecule has 2 rings (SSSR count). The largest absolute Gasteiger partial charge is 0.478 e. The molecule has 0 unspecified atom stereocenters. The van der Waals surface area contributed by atoms with Crippen LogP contribution in [-0.4, -0.2) is 17.0 Å². The van der Waals surface area contributed by atoms with Crippen LogP contribution in [0.1, 0.15) is 30.6 Å². The van der Waals surface area contributed by atoms with Crippen LogP contribution in [0.2, 0.25) is 0 Å². The summed E-state index contributed by atoms with van der Waals surface area (Å²) in [5.41, 5.74) is 0.975. The molecule has 0 heterocycles. The number of anilines is 1. The maximum atomic E-state index is 12.0. The van der Waals surface area contributed by atoms with Gasteiger partial charge in [-0.1, -0.05) is 37.3 Å². The highest BCUT2D eigenvalue weighted by atomic mass is 16.4. The number of hydrogen-bond donors (Lipinski definition) is 2. The van der Waals surface area contributed by atoms with Crippen molar-refractivity contribution in [1.82, 2.24) is 0 Å². The number of benzene rings is 2. The van der Waals surface area contributed by atoms with Crippen LogP contribution in [0, 0.1) is 0 Å². The third kappa shape index (κ3) is 3.28. The van der Waals surface area contributed by atoms with Gasteiger partial charge in [-0.15, -0.1) is 0 Å². The average Bonchev–Trinajstić information content (AvgIpc) is 2.46. The molecule has 0 bridgehead atoms.